The average molecular weight is 848 g/mol. The van der Waals surface area contributed by atoms with Crippen LogP contribution in [0.5, 0.6) is 0 Å². The van der Waals surface area contributed by atoms with Crippen molar-refractivity contribution in [2.75, 3.05) is 26.2 Å². The number of benzene rings is 2. The quantitative estimate of drug-likeness (QED) is 0.194. The lowest BCUT2D eigenvalue weighted by molar-refractivity contribution is 0.0482. The van der Waals surface area contributed by atoms with Crippen molar-refractivity contribution in [3.63, 3.8) is 0 Å². The molecular formula is C46H76Cl2N2O4Si2. The molecule has 6 nitrogen and oxygen atoms in total. The summed E-state index contributed by atoms with van der Waals surface area (Å²) in [6.07, 6.45) is 13.0. The fourth-order valence-corrected chi connectivity index (χ4v) is 11.4. The molecule has 0 aromatic heterocycles. The predicted octanol–water partition coefficient (Wildman–Crippen LogP) is 11.3. The van der Waals surface area contributed by atoms with Gasteiger partial charge in [0.25, 0.3) is 0 Å². The number of epoxide rings is 1. The fraction of sp³-hybridized carbons (Fsp3) is 0.739. The third kappa shape index (κ3) is 13.6. The molecule has 3 aliphatic heterocycles. The molecule has 2 aromatic carbocycles. The van der Waals surface area contributed by atoms with E-state index in [0.29, 0.717) is 23.4 Å². The predicted molar refractivity (Wildman–Crippen MR) is 241 cm³/mol. The van der Waals surface area contributed by atoms with Crippen LogP contribution in [0.3, 0.4) is 0 Å². The molecule has 0 amide bonds. The lowest BCUT2D eigenvalue weighted by Crippen LogP contribution is -2.46. The molecule has 56 heavy (non-hydrogen) atoms. The zero-order valence-electron chi connectivity index (χ0n) is 36.5. The second-order valence-electron chi connectivity index (χ2n) is 20.6. The van der Waals surface area contributed by atoms with Crippen LogP contribution >= 0.6 is 23.2 Å². The number of fused-ring (bicyclic) bond motifs is 1. The molecule has 5 fully saturated rings. The van der Waals surface area contributed by atoms with Crippen molar-refractivity contribution in [3.05, 3.63) is 69.7 Å². The molecule has 0 radical (unpaired) electrons. The first-order valence-corrected chi connectivity index (χ1v) is 28.4. The molecule has 0 bridgehead atoms. The number of hydrogen-bond donors (Lipinski definition) is 2. The summed E-state index contributed by atoms with van der Waals surface area (Å²) in [5.41, 5.74) is 2.80. The van der Waals surface area contributed by atoms with Gasteiger partial charge in [-0.25, -0.2) is 0 Å². The molecule has 7 rings (SSSR count). The third-order valence-electron chi connectivity index (χ3n) is 14.1. The maximum absolute atomic E-state index is 10.7. The van der Waals surface area contributed by atoms with E-state index in [-0.39, 0.29) is 23.3 Å². The van der Waals surface area contributed by atoms with Gasteiger partial charge >= 0.3 is 0 Å². The number of aliphatic hydroxyl groups is 1. The van der Waals surface area contributed by atoms with Crippen LogP contribution in [0.2, 0.25) is 46.3 Å². The third-order valence-corrected chi connectivity index (χ3v) is 23.7. The fourth-order valence-electron chi connectivity index (χ4n) is 8.41. The van der Waals surface area contributed by atoms with Gasteiger partial charge in [-0.2, -0.15) is 0 Å². The van der Waals surface area contributed by atoms with E-state index in [0.717, 1.165) is 67.1 Å². The van der Waals surface area contributed by atoms with Crippen molar-refractivity contribution in [2.45, 2.75) is 179 Å². The van der Waals surface area contributed by atoms with Crippen molar-refractivity contribution in [1.82, 2.24) is 10.2 Å². The molecule has 316 valence electrons. The molecule has 3 saturated heterocycles. The molecular weight excluding hydrogens is 772 g/mol. The molecule has 0 spiro atoms. The van der Waals surface area contributed by atoms with Crippen LogP contribution in [0, 0.1) is 11.8 Å². The number of rotatable bonds is 9. The van der Waals surface area contributed by atoms with Crippen molar-refractivity contribution in [2.24, 2.45) is 11.8 Å². The van der Waals surface area contributed by atoms with Gasteiger partial charge in [-0.3, -0.25) is 4.90 Å². The van der Waals surface area contributed by atoms with Gasteiger partial charge in [0.2, 0.25) is 0 Å². The van der Waals surface area contributed by atoms with Crippen molar-refractivity contribution < 1.29 is 18.7 Å². The molecule has 3 heterocycles. The van der Waals surface area contributed by atoms with E-state index in [4.69, 9.17) is 36.8 Å². The van der Waals surface area contributed by atoms with Crippen LogP contribution < -0.4 is 5.32 Å². The number of likely N-dealkylation sites (tertiary alicyclic amines) is 1. The minimum Gasteiger partial charge on any atom is -0.414 e. The van der Waals surface area contributed by atoms with Gasteiger partial charge in [0.15, 0.2) is 16.6 Å². The topological polar surface area (TPSA) is 66.5 Å². The second-order valence-corrected chi connectivity index (χ2v) is 31.0. The zero-order valence-corrected chi connectivity index (χ0v) is 40.0. The molecule has 5 aliphatic rings. The number of halogens is 2. The van der Waals surface area contributed by atoms with Crippen LogP contribution in [0.25, 0.3) is 0 Å². The largest absolute Gasteiger partial charge is 0.414 e. The summed E-state index contributed by atoms with van der Waals surface area (Å²) in [5, 5.41) is 16.3. The van der Waals surface area contributed by atoms with Crippen LogP contribution in [0.1, 0.15) is 104 Å². The summed E-state index contributed by atoms with van der Waals surface area (Å²) in [6, 6.07) is 16.8. The number of nitrogens with zero attached hydrogens (tertiary/aromatic N) is 1. The van der Waals surface area contributed by atoms with Crippen LogP contribution in [-0.4, -0.2) is 89.4 Å². The van der Waals surface area contributed by atoms with E-state index >= 15 is 0 Å². The second kappa shape index (κ2) is 19.7. The van der Waals surface area contributed by atoms with Gasteiger partial charge in [0.05, 0.1) is 24.4 Å². The van der Waals surface area contributed by atoms with Gasteiger partial charge in [0, 0.05) is 35.0 Å². The number of ether oxygens (including phenoxy) is 1. The minimum absolute atomic E-state index is 0.215. The Labute approximate surface area is 353 Å². The number of piperidine rings is 2. The summed E-state index contributed by atoms with van der Waals surface area (Å²) in [7, 11) is -3.31. The highest BCUT2D eigenvalue weighted by Gasteiger charge is 2.51. The molecule has 2 N–H and O–H groups in total. The van der Waals surface area contributed by atoms with Crippen molar-refractivity contribution >= 4 is 39.8 Å². The Morgan fingerprint density at radius 3 is 1.50 bits per heavy atom. The Balaban J connectivity index is 0.000000179. The Bertz CT molecular complexity index is 1470. The first-order chi connectivity index (χ1) is 26.2. The number of hydrogen-bond acceptors (Lipinski definition) is 6. The Morgan fingerprint density at radius 2 is 1.07 bits per heavy atom. The standard InChI is InChI=1S/C23H38ClNO2Si.C12H16ClN.C11H22O2Si/c1-23(2,3)28(4,5)27-20-15-21(22(26)16-20)25-12-10-18(11-13-25)14-17-6-8-19(24)9-7-17;13-12-3-1-10(2-4-12)9-11-5-7-14-8-6-11;1-11(2,3)14(4,5)13-8-6-9-10(7-8)12-9/h6-9,18,20-22,26H,10-16H2,1-5H3;1-4,11,14H,5-9H2;8-10H,6-7H2,1-5H3/t20-,21-,22-;;8?,9-,10+/m1../s1. The minimum atomic E-state index is -1.78. The van der Waals surface area contributed by atoms with Crippen LogP contribution in [-0.2, 0) is 26.4 Å². The van der Waals surface area contributed by atoms with Gasteiger partial charge in [0.1, 0.15) is 0 Å². The SMILES string of the molecule is CC(C)(C)[Si](C)(C)OC1C[C@@H]2O[C@@H]2C1.CC(C)(C)[Si](C)(C)O[C@H]1C[C@@H](O)[C@H](N2CCC(Cc3ccc(Cl)cc3)CC2)C1.Clc1ccc(CC2CCNCC2)cc1. The molecule has 10 heteroatoms. The molecule has 2 saturated carbocycles. The Kier molecular flexibility index (Phi) is 16.3. The van der Waals surface area contributed by atoms with Crippen molar-refractivity contribution in [3.8, 4) is 0 Å². The zero-order chi connectivity index (χ0) is 40.9. The van der Waals surface area contributed by atoms with Crippen molar-refractivity contribution in [1.29, 1.82) is 0 Å². The number of aliphatic hydroxyl groups excluding tert-OH is 1. The lowest BCUT2D eigenvalue weighted by atomic mass is 9.89. The lowest BCUT2D eigenvalue weighted by Gasteiger charge is -2.39. The van der Waals surface area contributed by atoms with E-state index in [1.807, 2.05) is 24.3 Å². The molecule has 2 aromatic rings. The van der Waals surface area contributed by atoms with E-state index in [9.17, 15) is 5.11 Å². The average Bonchev–Trinajstić information content (AvgIpc) is 3.56. The van der Waals surface area contributed by atoms with Gasteiger partial charge < -0.3 is 24.0 Å². The molecule has 2 aliphatic carbocycles. The summed E-state index contributed by atoms with van der Waals surface area (Å²) >= 11 is 11.8. The van der Waals surface area contributed by atoms with E-state index in [2.05, 4.69) is 102 Å². The van der Waals surface area contributed by atoms with Gasteiger partial charge in [-0.05, 0) is 161 Å². The summed E-state index contributed by atoms with van der Waals surface area (Å²) < 4.78 is 18.3. The van der Waals surface area contributed by atoms with Crippen LogP contribution in [0.4, 0.5) is 0 Å². The van der Waals surface area contributed by atoms with Crippen LogP contribution in [0.15, 0.2) is 48.5 Å². The summed E-state index contributed by atoms with van der Waals surface area (Å²) in [5.74, 6) is 1.59. The number of nitrogens with one attached hydrogen (secondary N) is 1. The normalized spacial score (nSPS) is 27.9. The maximum Gasteiger partial charge on any atom is 0.192 e. The highest BCUT2D eigenvalue weighted by atomic mass is 35.5. The molecule has 1 unspecified atom stereocenters. The monoisotopic (exact) mass is 846 g/mol. The maximum atomic E-state index is 10.7. The van der Waals surface area contributed by atoms with E-state index in [1.165, 1.54) is 56.3 Å². The van der Waals surface area contributed by atoms with Gasteiger partial charge in [-0.15, -0.1) is 0 Å². The van der Waals surface area contributed by atoms with E-state index < -0.39 is 16.6 Å². The van der Waals surface area contributed by atoms with Gasteiger partial charge in [-0.1, -0.05) is 89.0 Å². The molecule has 6 atom stereocenters. The highest BCUT2D eigenvalue weighted by molar-refractivity contribution is 6.74. The summed E-state index contributed by atoms with van der Waals surface area (Å²) in [6.45, 7) is 27.6. The summed E-state index contributed by atoms with van der Waals surface area (Å²) in [4.78, 5) is 2.53. The smallest absolute Gasteiger partial charge is 0.192 e. The Morgan fingerprint density at radius 1 is 0.661 bits per heavy atom. The Hall–Kier alpha value is -0.786. The first-order valence-electron chi connectivity index (χ1n) is 21.8. The highest BCUT2D eigenvalue weighted by Crippen LogP contribution is 2.45. The van der Waals surface area contributed by atoms with E-state index in [1.54, 1.807) is 0 Å². The first kappa shape index (κ1) is 46.3.